The highest BCUT2D eigenvalue weighted by Crippen LogP contribution is 2.36. The van der Waals surface area contributed by atoms with Gasteiger partial charge in [-0.05, 0) is 44.0 Å². The minimum absolute atomic E-state index is 0.221. The van der Waals surface area contributed by atoms with E-state index in [4.69, 9.17) is 0 Å². The van der Waals surface area contributed by atoms with Gasteiger partial charge < -0.3 is 15.2 Å². The van der Waals surface area contributed by atoms with Gasteiger partial charge in [-0.3, -0.25) is 0 Å². The molecule has 0 aliphatic rings. The van der Waals surface area contributed by atoms with Gasteiger partial charge in [-0.1, -0.05) is 24.3 Å². The van der Waals surface area contributed by atoms with E-state index in [1.165, 1.54) is 0 Å². The van der Waals surface area contributed by atoms with Crippen molar-refractivity contribution < 1.29 is 10.2 Å². The van der Waals surface area contributed by atoms with Crippen LogP contribution in [0.15, 0.2) is 30.3 Å². The van der Waals surface area contributed by atoms with Gasteiger partial charge in [0.1, 0.15) is 17.3 Å². The zero-order valence-electron chi connectivity index (χ0n) is 13.5. The normalized spacial score (nSPS) is 11.6. The smallest absolute Gasteiger partial charge is 0.126 e. The van der Waals surface area contributed by atoms with Crippen LogP contribution in [0.2, 0.25) is 0 Å². The highest BCUT2D eigenvalue weighted by atomic mass is 16.3. The molecule has 4 heteroatoms. The van der Waals surface area contributed by atoms with Crippen LogP contribution in [0.25, 0.3) is 17.1 Å². The Bertz CT molecular complexity index is 845. The van der Waals surface area contributed by atoms with E-state index >= 15 is 0 Å². The van der Waals surface area contributed by atoms with Crippen molar-refractivity contribution in [1.29, 1.82) is 0 Å². The first-order valence-corrected chi connectivity index (χ1v) is 7.61. The van der Waals surface area contributed by atoms with Gasteiger partial charge in [0, 0.05) is 17.5 Å². The zero-order chi connectivity index (χ0) is 16.6. The molecule has 23 heavy (non-hydrogen) atoms. The Kier molecular flexibility index (Phi) is 3.82. The number of benzene rings is 2. The summed E-state index contributed by atoms with van der Waals surface area (Å²) in [6, 6.07) is 7.89. The number of aromatic nitrogens is 2. The second-order valence-electron chi connectivity index (χ2n) is 5.79. The van der Waals surface area contributed by atoms with Gasteiger partial charge in [-0.2, -0.15) is 0 Å². The molecular formula is C19H20N2O2. The molecule has 0 aliphatic carbocycles. The molecule has 3 rings (SSSR count). The van der Waals surface area contributed by atoms with Gasteiger partial charge in [0.15, 0.2) is 0 Å². The summed E-state index contributed by atoms with van der Waals surface area (Å²) in [5.74, 6) is 1.33. The second-order valence-corrected chi connectivity index (χ2v) is 5.79. The lowest BCUT2D eigenvalue weighted by molar-refractivity contribution is 0.448. The quantitative estimate of drug-likeness (QED) is 0.636. The second kappa shape index (κ2) is 5.80. The fraction of sp³-hybridized carbons (Fsp3) is 0.211. The first kappa shape index (κ1) is 15.2. The predicted octanol–water partition coefficient (Wildman–Crippen LogP) is 4.16. The lowest BCUT2D eigenvalue weighted by Crippen LogP contribution is -1.92. The van der Waals surface area contributed by atoms with E-state index in [2.05, 4.69) is 9.97 Å². The van der Waals surface area contributed by atoms with Gasteiger partial charge in [-0.15, -0.1) is 0 Å². The molecule has 0 amide bonds. The number of phenols is 2. The number of phenolic OH excluding ortho intramolecular Hbond substituents is 2. The molecule has 4 nitrogen and oxygen atoms in total. The Balaban J connectivity index is 1.88. The Hall–Kier alpha value is -2.75. The number of nitrogens with zero attached hydrogens (tertiary/aromatic N) is 1. The third-order valence-electron chi connectivity index (χ3n) is 4.32. The number of rotatable bonds is 3. The number of para-hydroxylation sites is 2. The summed E-state index contributed by atoms with van der Waals surface area (Å²) in [6.45, 7) is 5.42. The Morgan fingerprint density at radius 1 is 1.00 bits per heavy atom. The van der Waals surface area contributed by atoms with Crippen LogP contribution >= 0.6 is 0 Å². The number of hydrogen-bond donors (Lipinski definition) is 3. The standard InChI is InChI=1S/C19H20N2O2/c1-11-12(2)19(23)14(13(3)18(11)22)7-6-10-17-20-15-8-4-5-9-16(15)21-17/h4-9,22-23H,10H2,1-3H3,(H,20,21)/b7-6+. The molecule has 0 unspecified atom stereocenters. The molecule has 0 spiro atoms. The third-order valence-corrected chi connectivity index (χ3v) is 4.32. The summed E-state index contributed by atoms with van der Waals surface area (Å²) in [6.07, 6.45) is 4.40. The maximum atomic E-state index is 10.3. The van der Waals surface area contributed by atoms with Gasteiger partial charge in [0.05, 0.1) is 11.0 Å². The summed E-state index contributed by atoms with van der Waals surface area (Å²) in [7, 11) is 0. The van der Waals surface area contributed by atoms with Crippen molar-refractivity contribution in [3.8, 4) is 11.5 Å². The SMILES string of the molecule is Cc1c(C)c(O)c(/C=C/Cc2nc3ccccc3[nH]2)c(C)c1O. The number of aromatic amines is 1. The van der Waals surface area contributed by atoms with E-state index in [9.17, 15) is 10.2 Å². The molecule has 3 aromatic rings. The molecule has 0 bridgehead atoms. The molecule has 0 saturated carbocycles. The van der Waals surface area contributed by atoms with E-state index in [-0.39, 0.29) is 11.5 Å². The topological polar surface area (TPSA) is 69.1 Å². The van der Waals surface area contributed by atoms with Crippen LogP contribution in [0, 0.1) is 20.8 Å². The van der Waals surface area contributed by atoms with E-state index in [1.807, 2.05) is 43.3 Å². The summed E-state index contributed by atoms with van der Waals surface area (Å²) in [5.41, 5.74) is 4.72. The Morgan fingerprint density at radius 3 is 2.43 bits per heavy atom. The van der Waals surface area contributed by atoms with Crippen molar-refractivity contribution in [2.45, 2.75) is 27.2 Å². The van der Waals surface area contributed by atoms with Crippen molar-refractivity contribution in [2.24, 2.45) is 0 Å². The molecule has 0 aliphatic heterocycles. The molecule has 118 valence electrons. The summed E-state index contributed by atoms with van der Waals surface area (Å²) in [4.78, 5) is 7.79. The minimum atomic E-state index is 0.221. The van der Waals surface area contributed by atoms with Crippen molar-refractivity contribution in [3.63, 3.8) is 0 Å². The number of aromatic hydroxyl groups is 2. The molecule has 1 heterocycles. The molecule has 0 saturated heterocycles. The lowest BCUT2D eigenvalue weighted by Gasteiger charge is -2.13. The molecule has 3 N–H and O–H groups in total. The van der Waals surface area contributed by atoms with E-state index in [0.29, 0.717) is 23.1 Å². The molecule has 0 radical (unpaired) electrons. The number of hydrogen-bond acceptors (Lipinski definition) is 3. The lowest BCUT2D eigenvalue weighted by atomic mass is 9.97. The maximum Gasteiger partial charge on any atom is 0.126 e. The average Bonchev–Trinajstić information content (AvgIpc) is 2.97. The van der Waals surface area contributed by atoms with Crippen LogP contribution in [0.1, 0.15) is 28.1 Å². The summed E-state index contributed by atoms with van der Waals surface area (Å²) >= 11 is 0. The maximum absolute atomic E-state index is 10.3. The van der Waals surface area contributed by atoms with Crippen molar-refractivity contribution >= 4 is 17.1 Å². The van der Waals surface area contributed by atoms with Gasteiger partial charge in [0.2, 0.25) is 0 Å². The largest absolute Gasteiger partial charge is 0.507 e. The first-order chi connectivity index (χ1) is 11.0. The highest BCUT2D eigenvalue weighted by Gasteiger charge is 2.14. The molecule has 0 atom stereocenters. The molecule has 1 aromatic heterocycles. The molecule has 2 aromatic carbocycles. The Labute approximate surface area is 135 Å². The summed E-state index contributed by atoms with van der Waals surface area (Å²) < 4.78 is 0. The van der Waals surface area contributed by atoms with Crippen LogP contribution < -0.4 is 0 Å². The fourth-order valence-corrected chi connectivity index (χ4v) is 2.74. The molecular weight excluding hydrogens is 288 g/mol. The Morgan fingerprint density at radius 2 is 1.70 bits per heavy atom. The van der Waals surface area contributed by atoms with Crippen LogP contribution in [0.4, 0.5) is 0 Å². The predicted molar refractivity (Wildman–Crippen MR) is 92.8 cm³/mol. The number of imidazole rings is 1. The van der Waals surface area contributed by atoms with Gasteiger partial charge >= 0.3 is 0 Å². The van der Waals surface area contributed by atoms with Crippen LogP contribution in [-0.2, 0) is 6.42 Å². The number of allylic oxidation sites excluding steroid dienone is 1. The van der Waals surface area contributed by atoms with Crippen molar-refractivity contribution in [2.75, 3.05) is 0 Å². The number of fused-ring (bicyclic) bond motifs is 1. The van der Waals surface area contributed by atoms with Crippen molar-refractivity contribution in [3.05, 3.63) is 58.4 Å². The zero-order valence-corrected chi connectivity index (χ0v) is 13.5. The fourth-order valence-electron chi connectivity index (χ4n) is 2.74. The van der Waals surface area contributed by atoms with E-state index in [0.717, 1.165) is 22.4 Å². The van der Waals surface area contributed by atoms with Crippen LogP contribution in [-0.4, -0.2) is 20.2 Å². The van der Waals surface area contributed by atoms with Crippen molar-refractivity contribution in [1.82, 2.24) is 9.97 Å². The van der Waals surface area contributed by atoms with Gasteiger partial charge in [0.25, 0.3) is 0 Å². The van der Waals surface area contributed by atoms with Gasteiger partial charge in [-0.25, -0.2) is 4.98 Å². The highest BCUT2D eigenvalue weighted by molar-refractivity contribution is 5.75. The number of nitrogens with one attached hydrogen (secondary N) is 1. The van der Waals surface area contributed by atoms with E-state index in [1.54, 1.807) is 13.8 Å². The van der Waals surface area contributed by atoms with E-state index < -0.39 is 0 Å². The minimum Gasteiger partial charge on any atom is -0.507 e. The first-order valence-electron chi connectivity index (χ1n) is 7.61. The third kappa shape index (κ3) is 2.68. The average molecular weight is 308 g/mol. The number of H-pyrrole nitrogens is 1. The summed E-state index contributed by atoms with van der Waals surface area (Å²) in [5, 5.41) is 20.4. The van der Waals surface area contributed by atoms with Crippen LogP contribution in [0.5, 0.6) is 11.5 Å². The molecule has 0 fully saturated rings. The monoisotopic (exact) mass is 308 g/mol. The van der Waals surface area contributed by atoms with Crippen LogP contribution in [0.3, 0.4) is 0 Å².